The normalized spacial score (nSPS) is 22.7. The van der Waals surface area contributed by atoms with Gasteiger partial charge in [-0.15, -0.1) is 0 Å². The molecular formula is C23H26N2O3. The Morgan fingerprint density at radius 2 is 1.43 bits per heavy atom. The summed E-state index contributed by atoms with van der Waals surface area (Å²) >= 11 is 0. The molecule has 2 aromatic carbocycles. The number of ether oxygens (including phenoxy) is 2. The highest BCUT2D eigenvalue weighted by molar-refractivity contribution is 5.69. The highest BCUT2D eigenvalue weighted by Crippen LogP contribution is 2.62. The molecule has 1 saturated heterocycles. The summed E-state index contributed by atoms with van der Waals surface area (Å²) in [6, 6.07) is 12.1. The lowest BCUT2D eigenvalue weighted by Crippen LogP contribution is -2.60. The third kappa shape index (κ3) is 2.47. The minimum atomic E-state index is -1.36. The van der Waals surface area contributed by atoms with Crippen LogP contribution in [0.25, 0.3) is 0 Å². The van der Waals surface area contributed by atoms with Gasteiger partial charge in [0.05, 0.1) is 0 Å². The second-order valence-electron chi connectivity index (χ2n) is 7.83. The number of anilines is 2. The van der Waals surface area contributed by atoms with Gasteiger partial charge in [0.2, 0.25) is 0 Å². The SMILES string of the molecule is C=C/C=C1\C(C)(O)OC12c1ccc(N(C)C)cc1Oc1cc(N(C)C)ccc12. The first-order valence-corrected chi connectivity index (χ1v) is 9.28. The largest absolute Gasteiger partial charge is 0.456 e. The van der Waals surface area contributed by atoms with Crippen molar-refractivity contribution in [3.8, 4) is 11.5 Å². The second kappa shape index (κ2) is 6.12. The Balaban J connectivity index is 1.99. The maximum Gasteiger partial charge on any atom is 0.191 e. The van der Waals surface area contributed by atoms with E-state index in [1.807, 2.05) is 80.5 Å². The van der Waals surface area contributed by atoms with Gasteiger partial charge in [-0.1, -0.05) is 18.7 Å². The van der Waals surface area contributed by atoms with Crippen molar-refractivity contribution in [2.24, 2.45) is 0 Å². The number of allylic oxidation sites excluding steroid dienone is 2. The van der Waals surface area contributed by atoms with E-state index in [2.05, 4.69) is 6.58 Å². The fourth-order valence-corrected chi connectivity index (χ4v) is 4.07. The Kier molecular flexibility index (Phi) is 4.07. The van der Waals surface area contributed by atoms with E-state index in [0.717, 1.165) is 39.6 Å². The average Bonchev–Trinajstić information content (AvgIpc) is 2.64. The Morgan fingerprint density at radius 3 is 1.82 bits per heavy atom. The summed E-state index contributed by atoms with van der Waals surface area (Å²) in [6.07, 6.45) is 3.52. The molecule has 1 atom stereocenters. The number of nitrogens with zero attached hydrogens (tertiary/aromatic N) is 2. The van der Waals surface area contributed by atoms with Gasteiger partial charge in [-0.2, -0.15) is 0 Å². The molecule has 0 aromatic heterocycles. The number of hydrogen-bond acceptors (Lipinski definition) is 5. The van der Waals surface area contributed by atoms with Crippen LogP contribution in [0.5, 0.6) is 11.5 Å². The van der Waals surface area contributed by atoms with Crippen molar-refractivity contribution >= 4 is 11.4 Å². The lowest BCUT2D eigenvalue weighted by atomic mass is 9.69. The molecule has 5 heteroatoms. The van der Waals surface area contributed by atoms with Crippen LogP contribution in [0.3, 0.4) is 0 Å². The first kappa shape index (κ1) is 18.6. The predicted molar refractivity (Wildman–Crippen MR) is 112 cm³/mol. The summed E-state index contributed by atoms with van der Waals surface area (Å²) in [5.74, 6) is 0.0840. The molecule has 1 spiro atoms. The van der Waals surface area contributed by atoms with E-state index < -0.39 is 11.4 Å². The third-order valence-electron chi connectivity index (χ3n) is 5.46. The van der Waals surface area contributed by atoms with Gasteiger partial charge in [-0.3, -0.25) is 0 Å². The molecule has 0 radical (unpaired) electrons. The monoisotopic (exact) mass is 378 g/mol. The van der Waals surface area contributed by atoms with Crippen LogP contribution in [-0.2, 0) is 10.3 Å². The first-order valence-electron chi connectivity index (χ1n) is 9.28. The molecular weight excluding hydrogens is 352 g/mol. The Morgan fingerprint density at radius 1 is 0.929 bits per heavy atom. The van der Waals surface area contributed by atoms with Crippen molar-refractivity contribution in [3.63, 3.8) is 0 Å². The maximum atomic E-state index is 10.8. The van der Waals surface area contributed by atoms with E-state index in [4.69, 9.17) is 9.47 Å². The summed E-state index contributed by atoms with van der Waals surface area (Å²) in [5, 5.41) is 10.8. The summed E-state index contributed by atoms with van der Waals surface area (Å²) < 4.78 is 12.5. The highest BCUT2D eigenvalue weighted by Gasteiger charge is 2.63. The van der Waals surface area contributed by atoms with Crippen LogP contribution in [0.15, 0.2) is 60.7 Å². The van der Waals surface area contributed by atoms with Crippen LogP contribution < -0.4 is 14.5 Å². The minimum absolute atomic E-state index is 0.722. The van der Waals surface area contributed by atoms with Gasteiger partial charge in [0, 0.05) is 68.4 Å². The van der Waals surface area contributed by atoms with Gasteiger partial charge in [0.1, 0.15) is 11.5 Å². The molecule has 0 bridgehead atoms. The van der Waals surface area contributed by atoms with Crippen LogP contribution in [0, 0.1) is 0 Å². The number of rotatable bonds is 3. The average molecular weight is 378 g/mol. The van der Waals surface area contributed by atoms with Crippen LogP contribution in [0.4, 0.5) is 11.4 Å². The van der Waals surface area contributed by atoms with Crippen LogP contribution in [0.2, 0.25) is 0 Å². The molecule has 1 unspecified atom stereocenters. The molecule has 5 nitrogen and oxygen atoms in total. The quantitative estimate of drug-likeness (QED) is 0.874. The highest BCUT2D eigenvalue weighted by atomic mass is 16.7. The molecule has 2 heterocycles. The topological polar surface area (TPSA) is 45.2 Å². The molecule has 2 aliphatic heterocycles. The van der Waals surface area contributed by atoms with E-state index in [0.29, 0.717) is 0 Å². The predicted octanol–water partition coefficient (Wildman–Crippen LogP) is 4.02. The lowest BCUT2D eigenvalue weighted by Gasteiger charge is -2.56. The van der Waals surface area contributed by atoms with E-state index in [1.165, 1.54) is 0 Å². The Labute approximate surface area is 166 Å². The van der Waals surface area contributed by atoms with Crippen molar-refractivity contribution in [1.29, 1.82) is 0 Å². The lowest BCUT2D eigenvalue weighted by molar-refractivity contribution is -0.294. The number of fused-ring (bicyclic) bond motifs is 4. The molecule has 2 aliphatic rings. The molecule has 146 valence electrons. The van der Waals surface area contributed by atoms with Crippen molar-refractivity contribution in [3.05, 3.63) is 71.8 Å². The van der Waals surface area contributed by atoms with E-state index in [1.54, 1.807) is 13.0 Å². The smallest absolute Gasteiger partial charge is 0.191 e. The van der Waals surface area contributed by atoms with Crippen molar-refractivity contribution < 1.29 is 14.6 Å². The Bertz CT molecular complexity index is 932. The zero-order chi connectivity index (χ0) is 20.3. The van der Waals surface area contributed by atoms with Gasteiger partial charge < -0.3 is 24.4 Å². The number of hydrogen-bond donors (Lipinski definition) is 1. The van der Waals surface area contributed by atoms with Crippen molar-refractivity contribution in [2.75, 3.05) is 38.0 Å². The zero-order valence-electron chi connectivity index (χ0n) is 17.0. The van der Waals surface area contributed by atoms with E-state index in [-0.39, 0.29) is 0 Å². The number of aliphatic hydroxyl groups is 1. The van der Waals surface area contributed by atoms with Crippen molar-refractivity contribution in [2.45, 2.75) is 18.3 Å². The minimum Gasteiger partial charge on any atom is -0.456 e. The van der Waals surface area contributed by atoms with E-state index >= 15 is 0 Å². The fourth-order valence-electron chi connectivity index (χ4n) is 4.07. The van der Waals surface area contributed by atoms with Gasteiger partial charge in [0.15, 0.2) is 11.4 Å². The Hall–Kier alpha value is -2.76. The first-order chi connectivity index (χ1) is 13.2. The van der Waals surface area contributed by atoms with Crippen molar-refractivity contribution in [1.82, 2.24) is 0 Å². The molecule has 1 N–H and O–H groups in total. The molecule has 1 fully saturated rings. The van der Waals surface area contributed by atoms with Crippen LogP contribution in [0.1, 0.15) is 18.1 Å². The van der Waals surface area contributed by atoms with Gasteiger partial charge >= 0.3 is 0 Å². The molecule has 4 rings (SSSR count). The molecule has 2 aromatic rings. The van der Waals surface area contributed by atoms with Crippen LogP contribution in [-0.4, -0.2) is 39.1 Å². The maximum absolute atomic E-state index is 10.8. The molecule has 0 aliphatic carbocycles. The third-order valence-corrected chi connectivity index (χ3v) is 5.46. The summed E-state index contributed by atoms with van der Waals surface area (Å²) in [6.45, 7) is 5.48. The zero-order valence-corrected chi connectivity index (χ0v) is 17.0. The second-order valence-corrected chi connectivity index (χ2v) is 7.83. The van der Waals surface area contributed by atoms with Crippen LogP contribution >= 0.6 is 0 Å². The van der Waals surface area contributed by atoms with Gasteiger partial charge in [-0.05, 0) is 31.2 Å². The van der Waals surface area contributed by atoms with E-state index in [9.17, 15) is 5.11 Å². The molecule has 0 amide bonds. The molecule has 28 heavy (non-hydrogen) atoms. The summed E-state index contributed by atoms with van der Waals surface area (Å²) in [4.78, 5) is 4.06. The summed E-state index contributed by atoms with van der Waals surface area (Å²) in [5.41, 5.74) is 3.67. The number of benzene rings is 2. The fraction of sp³-hybridized carbons (Fsp3) is 0.304. The summed E-state index contributed by atoms with van der Waals surface area (Å²) in [7, 11) is 7.97. The molecule has 0 saturated carbocycles. The van der Waals surface area contributed by atoms with Gasteiger partial charge in [0.25, 0.3) is 0 Å². The van der Waals surface area contributed by atoms with Gasteiger partial charge in [-0.25, -0.2) is 0 Å². The standard InChI is InChI=1S/C23H26N2O3/c1-7-8-21-22(2,26)28-23(21)17-11-9-15(24(3)4)13-19(17)27-20-14-16(25(5)6)10-12-18(20)23/h7-14,26H,1H2,2-6H3/b21-8+.